The predicted molar refractivity (Wildman–Crippen MR) is 84.8 cm³/mol. The van der Waals surface area contributed by atoms with Crippen molar-refractivity contribution >= 4 is 16.7 Å². The zero-order valence-electron chi connectivity index (χ0n) is 12.4. The Labute approximate surface area is 119 Å². The van der Waals surface area contributed by atoms with Gasteiger partial charge in [-0.15, -0.1) is 0 Å². The number of aryl methyl sites for hydroxylation is 4. The number of benzene rings is 2. The fourth-order valence-corrected chi connectivity index (χ4v) is 3.04. The quantitative estimate of drug-likeness (QED) is 0.728. The summed E-state index contributed by atoms with van der Waals surface area (Å²) < 4.78 is 1.74. The number of hydrogen-bond donors (Lipinski definition) is 1. The Morgan fingerprint density at radius 2 is 1.70 bits per heavy atom. The third-order valence-electron chi connectivity index (χ3n) is 3.86. The molecule has 2 aromatic carbocycles. The number of rotatable bonds is 1. The summed E-state index contributed by atoms with van der Waals surface area (Å²) in [7, 11) is 1.88. The monoisotopic (exact) mass is 265 g/mol. The van der Waals surface area contributed by atoms with Gasteiger partial charge in [-0.1, -0.05) is 29.8 Å². The molecule has 3 rings (SSSR count). The van der Waals surface area contributed by atoms with Crippen molar-refractivity contribution in [2.24, 2.45) is 7.05 Å². The second-order valence-corrected chi connectivity index (χ2v) is 5.48. The summed E-state index contributed by atoms with van der Waals surface area (Å²) in [6.45, 7) is 6.43. The topological polar surface area (TPSA) is 43.8 Å². The fraction of sp³-hybridized carbons (Fsp3) is 0.235. The van der Waals surface area contributed by atoms with Gasteiger partial charge in [0, 0.05) is 18.0 Å². The summed E-state index contributed by atoms with van der Waals surface area (Å²) >= 11 is 0. The van der Waals surface area contributed by atoms with Crippen molar-refractivity contribution in [1.82, 2.24) is 9.78 Å². The molecule has 102 valence electrons. The van der Waals surface area contributed by atoms with Gasteiger partial charge in [-0.05, 0) is 43.5 Å². The SMILES string of the molecule is Cc1cc(C)c(-c2cccc3c(N)n(C)nc23)c(C)c1. The molecular weight excluding hydrogens is 246 g/mol. The third kappa shape index (κ3) is 1.78. The Balaban J connectivity index is 2.39. The molecule has 0 aliphatic rings. The van der Waals surface area contributed by atoms with Gasteiger partial charge < -0.3 is 5.73 Å². The first kappa shape index (κ1) is 12.7. The maximum atomic E-state index is 6.09. The number of nitrogens with zero attached hydrogens (tertiary/aromatic N) is 2. The van der Waals surface area contributed by atoms with Gasteiger partial charge in [-0.3, -0.25) is 4.68 Å². The summed E-state index contributed by atoms with van der Waals surface area (Å²) in [5.41, 5.74) is 13.3. The van der Waals surface area contributed by atoms with Crippen LogP contribution in [0.4, 0.5) is 5.82 Å². The standard InChI is InChI=1S/C17H19N3/c1-10-8-11(2)15(12(3)9-10)13-6-5-7-14-16(13)19-20(4)17(14)18/h5-9H,18H2,1-4H3. The van der Waals surface area contributed by atoms with Gasteiger partial charge in [-0.2, -0.15) is 5.10 Å². The molecule has 20 heavy (non-hydrogen) atoms. The van der Waals surface area contributed by atoms with Crippen LogP contribution < -0.4 is 5.73 Å². The van der Waals surface area contributed by atoms with E-state index in [1.807, 2.05) is 13.1 Å². The van der Waals surface area contributed by atoms with Crippen LogP contribution in [0.2, 0.25) is 0 Å². The van der Waals surface area contributed by atoms with Crippen molar-refractivity contribution in [1.29, 1.82) is 0 Å². The molecule has 0 amide bonds. The average Bonchev–Trinajstić information content (AvgIpc) is 2.66. The van der Waals surface area contributed by atoms with Crippen LogP contribution >= 0.6 is 0 Å². The van der Waals surface area contributed by atoms with Gasteiger partial charge in [0.15, 0.2) is 0 Å². The zero-order valence-corrected chi connectivity index (χ0v) is 12.4. The minimum atomic E-state index is 0.712. The number of aromatic nitrogens is 2. The van der Waals surface area contributed by atoms with Crippen LogP contribution in [0.5, 0.6) is 0 Å². The number of anilines is 1. The lowest BCUT2D eigenvalue weighted by atomic mass is 9.93. The molecule has 0 unspecified atom stereocenters. The molecule has 2 N–H and O–H groups in total. The first-order valence-electron chi connectivity index (χ1n) is 6.78. The minimum absolute atomic E-state index is 0.712. The fourth-order valence-electron chi connectivity index (χ4n) is 3.04. The lowest BCUT2D eigenvalue weighted by Crippen LogP contribution is -1.96. The van der Waals surface area contributed by atoms with Gasteiger partial charge in [-0.25, -0.2) is 0 Å². The smallest absolute Gasteiger partial charge is 0.129 e. The second kappa shape index (κ2) is 4.37. The molecule has 0 aliphatic heterocycles. The van der Waals surface area contributed by atoms with Gasteiger partial charge in [0.25, 0.3) is 0 Å². The zero-order chi connectivity index (χ0) is 14.4. The van der Waals surface area contributed by atoms with E-state index in [1.165, 1.54) is 22.3 Å². The van der Waals surface area contributed by atoms with Crippen LogP contribution in [0.1, 0.15) is 16.7 Å². The highest BCUT2D eigenvalue weighted by atomic mass is 15.3. The molecule has 1 heterocycles. The van der Waals surface area contributed by atoms with Gasteiger partial charge >= 0.3 is 0 Å². The maximum absolute atomic E-state index is 6.09. The van der Waals surface area contributed by atoms with Crippen molar-refractivity contribution in [3.05, 3.63) is 47.0 Å². The molecule has 3 heteroatoms. The normalized spacial score (nSPS) is 11.2. The molecule has 0 aliphatic carbocycles. The highest BCUT2D eigenvalue weighted by Crippen LogP contribution is 2.34. The average molecular weight is 265 g/mol. The van der Waals surface area contributed by atoms with Crippen molar-refractivity contribution < 1.29 is 0 Å². The predicted octanol–water partition coefficient (Wildman–Crippen LogP) is 3.75. The van der Waals surface area contributed by atoms with E-state index in [-0.39, 0.29) is 0 Å². The van der Waals surface area contributed by atoms with E-state index in [0.717, 1.165) is 16.5 Å². The molecule has 1 aromatic heterocycles. The van der Waals surface area contributed by atoms with Crippen molar-refractivity contribution in [3.63, 3.8) is 0 Å². The van der Waals surface area contributed by atoms with Gasteiger partial charge in [0.05, 0.1) is 0 Å². The van der Waals surface area contributed by atoms with E-state index in [0.29, 0.717) is 5.82 Å². The molecule has 0 spiro atoms. The summed E-state index contributed by atoms with van der Waals surface area (Å²) in [6, 6.07) is 10.6. The molecule has 3 aromatic rings. The van der Waals surface area contributed by atoms with Crippen LogP contribution in [-0.2, 0) is 7.05 Å². The van der Waals surface area contributed by atoms with Crippen LogP contribution in [-0.4, -0.2) is 9.78 Å². The lowest BCUT2D eigenvalue weighted by Gasteiger charge is -2.12. The number of nitrogens with two attached hydrogens (primary N) is 1. The van der Waals surface area contributed by atoms with E-state index in [4.69, 9.17) is 5.73 Å². The molecule has 0 radical (unpaired) electrons. The maximum Gasteiger partial charge on any atom is 0.129 e. The van der Waals surface area contributed by atoms with Crippen LogP contribution in [0.15, 0.2) is 30.3 Å². The summed E-state index contributed by atoms with van der Waals surface area (Å²) in [5, 5.41) is 5.60. The molecule has 0 fully saturated rings. The Hall–Kier alpha value is -2.29. The summed E-state index contributed by atoms with van der Waals surface area (Å²) in [4.78, 5) is 0. The Morgan fingerprint density at radius 1 is 1.05 bits per heavy atom. The molecule has 0 saturated heterocycles. The highest BCUT2D eigenvalue weighted by molar-refractivity contribution is 6.00. The van der Waals surface area contributed by atoms with E-state index >= 15 is 0 Å². The second-order valence-electron chi connectivity index (χ2n) is 5.48. The van der Waals surface area contributed by atoms with Crippen LogP contribution in [0.25, 0.3) is 22.0 Å². The summed E-state index contributed by atoms with van der Waals surface area (Å²) in [5.74, 6) is 0.712. The number of fused-ring (bicyclic) bond motifs is 1. The minimum Gasteiger partial charge on any atom is -0.383 e. The van der Waals surface area contributed by atoms with E-state index in [9.17, 15) is 0 Å². The van der Waals surface area contributed by atoms with Crippen molar-refractivity contribution in [2.75, 3.05) is 5.73 Å². The molecule has 0 bridgehead atoms. The van der Waals surface area contributed by atoms with Gasteiger partial charge in [0.1, 0.15) is 11.3 Å². The number of nitrogen functional groups attached to an aromatic ring is 1. The lowest BCUT2D eigenvalue weighted by molar-refractivity contribution is 0.791. The van der Waals surface area contributed by atoms with Gasteiger partial charge in [0.2, 0.25) is 0 Å². The summed E-state index contributed by atoms with van der Waals surface area (Å²) in [6.07, 6.45) is 0. The van der Waals surface area contributed by atoms with Crippen LogP contribution in [0, 0.1) is 20.8 Å². The largest absolute Gasteiger partial charge is 0.383 e. The van der Waals surface area contributed by atoms with E-state index in [2.05, 4.69) is 50.1 Å². The third-order valence-corrected chi connectivity index (χ3v) is 3.86. The Bertz CT molecular complexity index is 789. The van der Waals surface area contributed by atoms with Crippen molar-refractivity contribution in [2.45, 2.75) is 20.8 Å². The molecule has 0 saturated carbocycles. The first-order chi connectivity index (χ1) is 9.49. The molecule has 0 atom stereocenters. The molecular formula is C17H19N3. The number of hydrogen-bond acceptors (Lipinski definition) is 2. The van der Waals surface area contributed by atoms with E-state index in [1.54, 1.807) is 4.68 Å². The van der Waals surface area contributed by atoms with Crippen LogP contribution in [0.3, 0.4) is 0 Å². The highest BCUT2D eigenvalue weighted by Gasteiger charge is 2.14. The Morgan fingerprint density at radius 3 is 2.35 bits per heavy atom. The first-order valence-corrected chi connectivity index (χ1v) is 6.78. The van der Waals surface area contributed by atoms with Crippen molar-refractivity contribution in [3.8, 4) is 11.1 Å². The molecule has 3 nitrogen and oxygen atoms in total. The Kier molecular flexibility index (Phi) is 2.78. The van der Waals surface area contributed by atoms with E-state index < -0.39 is 0 Å².